The van der Waals surface area contributed by atoms with E-state index < -0.39 is 0 Å². The number of nitrogens with zero attached hydrogens (tertiary/aromatic N) is 5. The average Bonchev–Trinajstić information content (AvgIpc) is 3.03. The van der Waals surface area contributed by atoms with Gasteiger partial charge >= 0.3 is 6.09 Å². The number of benzene rings is 1. The van der Waals surface area contributed by atoms with Crippen molar-refractivity contribution in [2.75, 3.05) is 32.8 Å². The second kappa shape index (κ2) is 6.58. The van der Waals surface area contributed by atoms with E-state index in [-0.39, 0.29) is 6.09 Å². The lowest BCUT2D eigenvalue weighted by Crippen LogP contribution is -2.52. The van der Waals surface area contributed by atoms with Gasteiger partial charge in [-0.2, -0.15) is 0 Å². The van der Waals surface area contributed by atoms with Crippen LogP contribution in [-0.4, -0.2) is 64.2 Å². The van der Waals surface area contributed by atoms with Gasteiger partial charge in [-0.05, 0) is 18.6 Å². The van der Waals surface area contributed by atoms with E-state index in [1.807, 2.05) is 37.5 Å². The van der Waals surface area contributed by atoms with E-state index in [0.717, 1.165) is 37.0 Å². The number of ether oxygens (including phenoxy) is 1. The maximum Gasteiger partial charge on any atom is 0.409 e. The summed E-state index contributed by atoms with van der Waals surface area (Å²) in [6.07, 6.45) is 4.29. The molecule has 1 aromatic heterocycles. The Morgan fingerprint density at radius 1 is 1.20 bits per heavy atom. The van der Waals surface area contributed by atoms with Gasteiger partial charge in [0.15, 0.2) is 0 Å². The summed E-state index contributed by atoms with van der Waals surface area (Å²) in [5, 5.41) is 0. The molecule has 0 saturated carbocycles. The smallest absolute Gasteiger partial charge is 0.409 e. The van der Waals surface area contributed by atoms with Crippen LogP contribution in [0.25, 0.3) is 0 Å². The van der Waals surface area contributed by atoms with Gasteiger partial charge in [-0.3, -0.25) is 4.57 Å². The Hall–Kier alpha value is -2.83. The highest BCUT2D eigenvalue weighted by molar-refractivity contribution is 5.87. The minimum Gasteiger partial charge on any atom is -0.450 e. The van der Waals surface area contributed by atoms with Crippen molar-refractivity contribution in [1.82, 2.24) is 19.4 Å². The Kier molecular flexibility index (Phi) is 4.13. The Morgan fingerprint density at radius 2 is 2.00 bits per heavy atom. The molecule has 25 heavy (non-hydrogen) atoms. The molecular weight excluding hydrogens is 318 g/mol. The predicted octanol–water partition coefficient (Wildman–Crippen LogP) is 2.10. The molecule has 2 aliphatic heterocycles. The fourth-order valence-corrected chi connectivity index (χ4v) is 3.28. The zero-order chi connectivity index (χ0) is 17.2. The van der Waals surface area contributed by atoms with Crippen molar-refractivity contribution in [1.29, 1.82) is 0 Å². The van der Waals surface area contributed by atoms with Crippen molar-refractivity contribution in [2.24, 2.45) is 4.99 Å². The summed E-state index contributed by atoms with van der Waals surface area (Å²) in [6, 6.07) is 8.17. The van der Waals surface area contributed by atoms with Crippen LogP contribution in [0.15, 0.2) is 41.7 Å². The number of carbonyl (C=O) groups excluding carboxylic acids is 1. The van der Waals surface area contributed by atoms with Crippen LogP contribution >= 0.6 is 0 Å². The van der Waals surface area contributed by atoms with E-state index in [1.165, 1.54) is 5.56 Å². The number of piperazine rings is 1. The van der Waals surface area contributed by atoms with Gasteiger partial charge in [-0.25, -0.2) is 14.8 Å². The third-order valence-corrected chi connectivity index (χ3v) is 4.58. The summed E-state index contributed by atoms with van der Waals surface area (Å²) in [4.78, 5) is 25.3. The van der Waals surface area contributed by atoms with E-state index >= 15 is 0 Å². The van der Waals surface area contributed by atoms with Crippen LogP contribution in [0.4, 0.5) is 10.5 Å². The zero-order valence-corrected chi connectivity index (χ0v) is 14.3. The van der Waals surface area contributed by atoms with Crippen LogP contribution in [0.2, 0.25) is 0 Å². The van der Waals surface area contributed by atoms with Crippen molar-refractivity contribution in [3.63, 3.8) is 0 Å². The standard InChI is InChI=1S/C18H21N5O2/c1-2-25-18(24)22-11-9-21(10-12-22)17-20-15-6-4-3-5-14(15)13-16-19-7-8-23(16)17/h3-8H,2,9-13H2,1H3. The van der Waals surface area contributed by atoms with E-state index in [9.17, 15) is 4.79 Å². The minimum absolute atomic E-state index is 0.237. The monoisotopic (exact) mass is 339 g/mol. The van der Waals surface area contributed by atoms with E-state index in [0.29, 0.717) is 19.7 Å². The number of hydrogen-bond acceptors (Lipinski definition) is 5. The largest absolute Gasteiger partial charge is 0.450 e. The summed E-state index contributed by atoms with van der Waals surface area (Å²) in [5.41, 5.74) is 2.16. The van der Waals surface area contributed by atoms with Crippen molar-refractivity contribution in [2.45, 2.75) is 13.3 Å². The molecule has 3 heterocycles. The summed E-state index contributed by atoms with van der Waals surface area (Å²) in [7, 11) is 0. The van der Waals surface area contributed by atoms with Crippen LogP contribution in [-0.2, 0) is 11.2 Å². The molecule has 1 saturated heterocycles. The first-order chi connectivity index (χ1) is 12.3. The summed E-state index contributed by atoms with van der Waals surface area (Å²) >= 11 is 0. The number of rotatable bonds is 1. The maximum absolute atomic E-state index is 11.9. The topological polar surface area (TPSA) is 63.0 Å². The van der Waals surface area contributed by atoms with E-state index in [4.69, 9.17) is 9.73 Å². The number of carbonyl (C=O) groups is 1. The average molecular weight is 339 g/mol. The third-order valence-electron chi connectivity index (χ3n) is 4.58. The van der Waals surface area contributed by atoms with Crippen molar-refractivity contribution in [3.8, 4) is 0 Å². The molecule has 1 fully saturated rings. The van der Waals surface area contributed by atoms with Crippen molar-refractivity contribution >= 4 is 17.7 Å². The van der Waals surface area contributed by atoms with Crippen LogP contribution in [0.1, 0.15) is 18.3 Å². The van der Waals surface area contributed by atoms with Gasteiger partial charge in [-0.1, -0.05) is 18.2 Å². The number of para-hydroxylation sites is 1. The first-order valence-corrected chi connectivity index (χ1v) is 8.62. The molecule has 0 bridgehead atoms. The predicted molar refractivity (Wildman–Crippen MR) is 94.1 cm³/mol. The fourth-order valence-electron chi connectivity index (χ4n) is 3.28. The fraction of sp³-hybridized carbons (Fsp3) is 0.389. The Labute approximate surface area is 146 Å². The lowest BCUT2D eigenvalue weighted by atomic mass is 10.1. The van der Waals surface area contributed by atoms with Gasteiger partial charge in [0.05, 0.1) is 12.3 Å². The molecule has 2 aliphatic rings. The molecule has 0 radical (unpaired) electrons. The molecule has 0 N–H and O–H groups in total. The van der Waals surface area contributed by atoms with Gasteiger partial charge in [0, 0.05) is 45.0 Å². The highest BCUT2D eigenvalue weighted by atomic mass is 16.6. The molecule has 7 nitrogen and oxygen atoms in total. The molecule has 4 rings (SSSR count). The molecule has 7 heteroatoms. The molecule has 0 spiro atoms. The number of amides is 1. The molecule has 1 aromatic carbocycles. The third kappa shape index (κ3) is 2.97. The summed E-state index contributed by atoms with van der Waals surface area (Å²) < 4.78 is 7.15. The molecule has 0 aliphatic carbocycles. The van der Waals surface area contributed by atoms with Gasteiger partial charge in [0.1, 0.15) is 5.82 Å². The van der Waals surface area contributed by atoms with E-state index in [2.05, 4.69) is 20.5 Å². The lowest BCUT2D eigenvalue weighted by molar-refractivity contribution is 0.0915. The van der Waals surface area contributed by atoms with Crippen LogP contribution in [0.3, 0.4) is 0 Å². The van der Waals surface area contributed by atoms with E-state index in [1.54, 1.807) is 4.90 Å². The summed E-state index contributed by atoms with van der Waals surface area (Å²) in [6.45, 7) is 4.93. The number of aliphatic imine (C=N–C) groups is 1. The Morgan fingerprint density at radius 3 is 2.80 bits per heavy atom. The van der Waals surface area contributed by atoms with Crippen molar-refractivity contribution < 1.29 is 9.53 Å². The molecular formula is C18H21N5O2. The van der Waals surface area contributed by atoms with Crippen molar-refractivity contribution in [3.05, 3.63) is 48.0 Å². The zero-order valence-electron chi connectivity index (χ0n) is 14.3. The van der Waals surface area contributed by atoms with Crippen LogP contribution in [0, 0.1) is 0 Å². The Bertz CT molecular complexity index is 805. The molecule has 0 unspecified atom stereocenters. The number of aromatic nitrogens is 2. The second-order valence-electron chi connectivity index (χ2n) is 6.10. The van der Waals surface area contributed by atoms with Gasteiger partial charge in [-0.15, -0.1) is 0 Å². The highest BCUT2D eigenvalue weighted by Crippen LogP contribution is 2.26. The maximum atomic E-state index is 11.9. The summed E-state index contributed by atoms with van der Waals surface area (Å²) in [5.74, 6) is 1.86. The number of imidazole rings is 1. The first kappa shape index (κ1) is 15.7. The lowest BCUT2D eigenvalue weighted by Gasteiger charge is -2.35. The van der Waals surface area contributed by atoms with Crippen LogP contribution in [0.5, 0.6) is 0 Å². The highest BCUT2D eigenvalue weighted by Gasteiger charge is 2.27. The number of hydrogen-bond donors (Lipinski definition) is 0. The Balaban J connectivity index is 1.60. The van der Waals surface area contributed by atoms with Crippen LogP contribution < -0.4 is 0 Å². The molecule has 1 amide bonds. The van der Waals surface area contributed by atoms with Gasteiger partial charge < -0.3 is 14.5 Å². The molecule has 0 atom stereocenters. The number of fused-ring (bicyclic) bond motifs is 2. The quantitative estimate of drug-likeness (QED) is 0.798. The first-order valence-electron chi connectivity index (χ1n) is 8.62. The molecule has 130 valence electrons. The normalized spacial score (nSPS) is 16.6. The second-order valence-corrected chi connectivity index (χ2v) is 6.10. The van der Waals surface area contributed by atoms with Gasteiger partial charge in [0.2, 0.25) is 5.96 Å². The SMILES string of the molecule is CCOC(=O)N1CCN(C2=Nc3ccccc3Cc3nccn32)CC1. The minimum atomic E-state index is -0.237. The molecule has 2 aromatic rings. The van der Waals surface area contributed by atoms with Gasteiger partial charge in [0.25, 0.3) is 0 Å².